The van der Waals surface area contributed by atoms with Crippen LogP contribution in [0.3, 0.4) is 0 Å². The Morgan fingerprint density at radius 1 is 1.32 bits per heavy atom. The van der Waals surface area contributed by atoms with Crippen LogP contribution < -0.4 is 15.8 Å². The lowest BCUT2D eigenvalue weighted by Crippen LogP contribution is -2.27. The lowest BCUT2D eigenvalue weighted by Gasteiger charge is -2.06. The van der Waals surface area contributed by atoms with Gasteiger partial charge in [0, 0.05) is 12.2 Å². The maximum absolute atomic E-state index is 10.8. The van der Waals surface area contributed by atoms with Gasteiger partial charge >= 0.3 is 0 Å². The van der Waals surface area contributed by atoms with Crippen molar-refractivity contribution >= 4 is 45.6 Å². The summed E-state index contributed by atoms with van der Waals surface area (Å²) in [7, 11) is -3.17. The highest BCUT2D eigenvalue weighted by atomic mass is 127. The van der Waals surface area contributed by atoms with Crippen LogP contribution in [0.25, 0.3) is 0 Å². The van der Waals surface area contributed by atoms with E-state index in [4.69, 9.17) is 5.73 Å². The number of nitrogens with two attached hydrogens (primary N) is 1. The van der Waals surface area contributed by atoms with Crippen LogP contribution in [0.15, 0.2) is 29.3 Å². The molecule has 0 aliphatic rings. The van der Waals surface area contributed by atoms with Crippen LogP contribution in [0.2, 0.25) is 0 Å². The molecule has 0 unspecified atom stereocenters. The number of hydrogen-bond acceptors (Lipinski definition) is 3. The van der Waals surface area contributed by atoms with E-state index < -0.39 is 10.0 Å². The average molecular weight is 398 g/mol. The zero-order valence-corrected chi connectivity index (χ0v) is 14.0. The van der Waals surface area contributed by atoms with Crippen molar-refractivity contribution in [3.8, 4) is 0 Å². The minimum Gasteiger partial charge on any atom is -0.370 e. The summed E-state index contributed by atoms with van der Waals surface area (Å²) in [4.78, 5) is 4.00. The highest BCUT2D eigenvalue weighted by molar-refractivity contribution is 14.0. The van der Waals surface area contributed by atoms with Gasteiger partial charge in [-0.15, -0.1) is 24.0 Å². The molecular weight excluding hydrogens is 379 g/mol. The molecule has 108 valence electrons. The van der Waals surface area contributed by atoms with Gasteiger partial charge in [-0.2, -0.15) is 0 Å². The zero-order valence-electron chi connectivity index (χ0n) is 10.9. The Morgan fingerprint density at radius 2 is 1.89 bits per heavy atom. The summed E-state index contributed by atoms with van der Waals surface area (Å²) >= 11 is 0. The van der Waals surface area contributed by atoms with Gasteiger partial charge in [0.25, 0.3) is 0 Å². The number of rotatable bonds is 5. The zero-order chi connectivity index (χ0) is 13.6. The molecule has 1 aromatic carbocycles. The van der Waals surface area contributed by atoms with Gasteiger partial charge in [-0.1, -0.05) is 17.7 Å². The SMILES string of the molecule is Cc1ccc(NC(N)=NCCNS(C)(=O)=O)cc1.I. The lowest BCUT2D eigenvalue weighted by molar-refractivity contribution is 0.588. The summed E-state index contributed by atoms with van der Waals surface area (Å²) in [6.45, 7) is 2.52. The van der Waals surface area contributed by atoms with E-state index in [2.05, 4.69) is 15.0 Å². The number of nitrogens with one attached hydrogen (secondary N) is 2. The first kappa shape index (κ1) is 18.1. The molecule has 0 amide bonds. The highest BCUT2D eigenvalue weighted by Crippen LogP contribution is 2.07. The number of nitrogens with zero attached hydrogens (tertiary/aromatic N) is 1. The minimum absolute atomic E-state index is 0. The topological polar surface area (TPSA) is 96.6 Å². The van der Waals surface area contributed by atoms with Crippen molar-refractivity contribution in [3.63, 3.8) is 0 Å². The summed E-state index contributed by atoms with van der Waals surface area (Å²) < 4.78 is 23.9. The van der Waals surface area contributed by atoms with Crippen molar-refractivity contribution in [2.24, 2.45) is 10.7 Å². The van der Waals surface area contributed by atoms with Crippen LogP contribution in [-0.4, -0.2) is 33.7 Å². The minimum atomic E-state index is -3.17. The van der Waals surface area contributed by atoms with E-state index in [0.29, 0.717) is 0 Å². The number of aliphatic imine (C=N–C) groups is 1. The molecule has 0 spiro atoms. The largest absolute Gasteiger partial charge is 0.370 e. The molecule has 8 heteroatoms. The van der Waals surface area contributed by atoms with E-state index >= 15 is 0 Å². The number of anilines is 1. The predicted octanol–water partition coefficient (Wildman–Crippen LogP) is 0.889. The van der Waals surface area contributed by atoms with Crippen molar-refractivity contribution in [1.29, 1.82) is 0 Å². The number of guanidine groups is 1. The molecule has 0 atom stereocenters. The molecule has 0 aromatic heterocycles. The Labute approximate surface area is 130 Å². The molecule has 1 aromatic rings. The molecule has 0 fully saturated rings. The fraction of sp³-hybridized carbons (Fsp3) is 0.364. The standard InChI is InChI=1S/C11H18N4O2S.HI/c1-9-3-5-10(6-4-9)15-11(12)13-7-8-14-18(2,16)17;/h3-6,14H,7-8H2,1-2H3,(H3,12,13,15);1H. The molecule has 0 saturated heterocycles. The highest BCUT2D eigenvalue weighted by Gasteiger charge is 1.98. The monoisotopic (exact) mass is 398 g/mol. The molecular formula is C11H19IN4O2S. The smallest absolute Gasteiger partial charge is 0.208 e. The summed E-state index contributed by atoms with van der Waals surface area (Å²) in [6.07, 6.45) is 1.10. The van der Waals surface area contributed by atoms with Crippen molar-refractivity contribution < 1.29 is 8.42 Å². The second kappa shape index (κ2) is 8.33. The maximum Gasteiger partial charge on any atom is 0.208 e. The van der Waals surface area contributed by atoms with E-state index in [1.54, 1.807) is 0 Å². The van der Waals surface area contributed by atoms with Crippen LogP contribution in [0.5, 0.6) is 0 Å². The second-order valence-corrected chi connectivity index (χ2v) is 5.76. The maximum atomic E-state index is 10.8. The van der Waals surface area contributed by atoms with Crippen LogP contribution in [0, 0.1) is 6.92 Å². The fourth-order valence-corrected chi connectivity index (χ4v) is 1.69. The van der Waals surface area contributed by atoms with E-state index in [9.17, 15) is 8.42 Å². The molecule has 0 heterocycles. The predicted molar refractivity (Wildman–Crippen MR) is 89.6 cm³/mol. The number of sulfonamides is 1. The normalized spacial score (nSPS) is 11.8. The molecule has 0 aliphatic heterocycles. The summed E-state index contributed by atoms with van der Waals surface area (Å²) in [6, 6.07) is 7.71. The quantitative estimate of drug-likeness (QED) is 0.297. The third-order valence-corrected chi connectivity index (χ3v) is 2.81. The first-order valence-corrected chi connectivity index (χ1v) is 7.34. The third kappa shape index (κ3) is 8.78. The molecule has 0 bridgehead atoms. The Kier molecular flexibility index (Phi) is 7.95. The fourth-order valence-electron chi connectivity index (χ4n) is 1.23. The number of halogens is 1. The molecule has 19 heavy (non-hydrogen) atoms. The van der Waals surface area contributed by atoms with E-state index in [1.165, 1.54) is 0 Å². The molecule has 0 radical (unpaired) electrons. The lowest BCUT2D eigenvalue weighted by atomic mass is 10.2. The molecule has 0 saturated carbocycles. The summed E-state index contributed by atoms with van der Waals surface area (Å²) in [5, 5.41) is 2.92. The first-order valence-electron chi connectivity index (χ1n) is 5.45. The Morgan fingerprint density at radius 3 is 2.42 bits per heavy atom. The van der Waals surface area contributed by atoms with Crippen LogP contribution in [-0.2, 0) is 10.0 Å². The van der Waals surface area contributed by atoms with Crippen molar-refractivity contribution in [2.45, 2.75) is 6.92 Å². The Balaban J connectivity index is 0.00000324. The molecule has 1 rings (SSSR count). The third-order valence-electron chi connectivity index (χ3n) is 2.08. The van der Waals surface area contributed by atoms with Gasteiger partial charge in [0.15, 0.2) is 5.96 Å². The molecule has 0 aliphatic carbocycles. The molecule has 6 nitrogen and oxygen atoms in total. The van der Waals surface area contributed by atoms with Gasteiger partial charge in [-0.3, -0.25) is 4.99 Å². The Hall–Kier alpha value is -0.870. The van der Waals surface area contributed by atoms with Crippen LogP contribution in [0.1, 0.15) is 5.56 Å². The van der Waals surface area contributed by atoms with Crippen molar-refractivity contribution in [2.75, 3.05) is 24.7 Å². The van der Waals surface area contributed by atoms with Gasteiger partial charge in [0.1, 0.15) is 0 Å². The van der Waals surface area contributed by atoms with E-state index in [1.807, 2.05) is 31.2 Å². The van der Waals surface area contributed by atoms with Gasteiger partial charge < -0.3 is 11.1 Å². The van der Waals surface area contributed by atoms with E-state index in [-0.39, 0.29) is 43.0 Å². The number of aryl methyl sites for hydroxylation is 1. The summed E-state index contributed by atoms with van der Waals surface area (Å²) in [5.41, 5.74) is 7.66. The van der Waals surface area contributed by atoms with Crippen molar-refractivity contribution in [1.82, 2.24) is 4.72 Å². The molecule has 4 N–H and O–H groups in total. The Bertz CT molecular complexity index is 514. The van der Waals surface area contributed by atoms with E-state index in [0.717, 1.165) is 17.5 Å². The van der Waals surface area contributed by atoms with Crippen molar-refractivity contribution in [3.05, 3.63) is 29.8 Å². The van der Waals surface area contributed by atoms with Gasteiger partial charge in [0.05, 0.1) is 12.8 Å². The average Bonchev–Trinajstić information content (AvgIpc) is 2.26. The van der Waals surface area contributed by atoms with Gasteiger partial charge in [-0.05, 0) is 19.1 Å². The first-order chi connectivity index (χ1) is 8.37. The van der Waals surface area contributed by atoms with Crippen LogP contribution in [0.4, 0.5) is 5.69 Å². The van der Waals surface area contributed by atoms with Gasteiger partial charge in [0.2, 0.25) is 10.0 Å². The van der Waals surface area contributed by atoms with Crippen LogP contribution >= 0.6 is 24.0 Å². The second-order valence-electron chi connectivity index (χ2n) is 3.92. The van der Waals surface area contributed by atoms with Gasteiger partial charge in [-0.25, -0.2) is 13.1 Å². The number of benzene rings is 1. The summed E-state index contributed by atoms with van der Waals surface area (Å²) in [5.74, 6) is 0.258. The number of hydrogen-bond donors (Lipinski definition) is 3.